The molecule has 2 fully saturated rings. The Bertz CT molecular complexity index is 681. The first-order valence-electron chi connectivity index (χ1n) is 9.10. The van der Waals surface area contributed by atoms with Crippen LogP contribution >= 0.6 is 0 Å². The van der Waals surface area contributed by atoms with Crippen molar-refractivity contribution in [1.82, 2.24) is 9.21 Å². The third kappa shape index (κ3) is 4.82. The second kappa shape index (κ2) is 8.94. The van der Waals surface area contributed by atoms with Gasteiger partial charge in [-0.25, -0.2) is 8.42 Å². The van der Waals surface area contributed by atoms with Crippen LogP contribution in [0.4, 0.5) is 0 Å². The summed E-state index contributed by atoms with van der Waals surface area (Å²) >= 11 is 0. The van der Waals surface area contributed by atoms with Crippen LogP contribution in [0.3, 0.4) is 0 Å². The zero-order valence-corrected chi connectivity index (χ0v) is 15.7. The fourth-order valence-corrected chi connectivity index (χ4v) is 4.67. The summed E-state index contributed by atoms with van der Waals surface area (Å²) < 4.78 is 37.7. The Labute approximate surface area is 154 Å². The normalized spacial score (nSPS) is 22.3. The van der Waals surface area contributed by atoms with E-state index < -0.39 is 10.0 Å². The Hall–Kier alpha value is -1.48. The smallest absolute Gasteiger partial charge is 0.248 e. The number of piperazine rings is 1. The molecule has 0 aliphatic carbocycles. The Morgan fingerprint density at radius 2 is 1.85 bits per heavy atom. The van der Waals surface area contributed by atoms with Crippen LogP contribution < -0.4 is 0 Å². The van der Waals surface area contributed by atoms with E-state index in [0.717, 1.165) is 25.9 Å². The molecule has 1 aromatic carbocycles. The zero-order valence-electron chi connectivity index (χ0n) is 14.9. The number of sulfonamides is 1. The molecule has 0 saturated carbocycles. The van der Waals surface area contributed by atoms with E-state index >= 15 is 0 Å². The van der Waals surface area contributed by atoms with Gasteiger partial charge in [0.25, 0.3) is 0 Å². The third-order valence-electron chi connectivity index (χ3n) is 4.78. The highest BCUT2D eigenvalue weighted by Crippen LogP contribution is 2.17. The topological polar surface area (TPSA) is 76.2 Å². The third-order valence-corrected chi connectivity index (χ3v) is 6.69. The van der Waals surface area contributed by atoms with Crippen LogP contribution in [0.5, 0.6) is 0 Å². The van der Waals surface area contributed by atoms with Crippen LogP contribution in [-0.2, 0) is 24.3 Å². The number of rotatable bonds is 6. The first-order chi connectivity index (χ1) is 12.6. The number of amides is 1. The highest BCUT2D eigenvalue weighted by Gasteiger charge is 2.30. The van der Waals surface area contributed by atoms with E-state index in [-0.39, 0.29) is 23.5 Å². The maximum atomic E-state index is 12.6. The van der Waals surface area contributed by atoms with E-state index in [0.29, 0.717) is 32.8 Å². The quantitative estimate of drug-likeness (QED) is 0.737. The molecule has 2 aliphatic heterocycles. The van der Waals surface area contributed by atoms with Gasteiger partial charge in [0, 0.05) is 32.8 Å². The molecule has 2 heterocycles. The summed E-state index contributed by atoms with van der Waals surface area (Å²) in [5.41, 5.74) is 0. The van der Waals surface area contributed by atoms with Gasteiger partial charge < -0.3 is 14.4 Å². The number of benzene rings is 1. The van der Waals surface area contributed by atoms with Crippen LogP contribution in [0.2, 0.25) is 0 Å². The molecule has 7 nitrogen and oxygen atoms in total. The average molecular weight is 382 g/mol. The van der Waals surface area contributed by atoms with Crippen molar-refractivity contribution >= 4 is 15.9 Å². The van der Waals surface area contributed by atoms with Crippen molar-refractivity contribution in [2.45, 2.75) is 30.3 Å². The molecule has 144 valence electrons. The highest BCUT2D eigenvalue weighted by atomic mass is 32.2. The van der Waals surface area contributed by atoms with Crippen molar-refractivity contribution in [3.63, 3.8) is 0 Å². The lowest BCUT2D eigenvalue weighted by molar-refractivity contribution is -0.139. The lowest BCUT2D eigenvalue weighted by Gasteiger charge is -2.34. The Morgan fingerprint density at radius 1 is 1.12 bits per heavy atom. The summed E-state index contributed by atoms with van der Waals surface area (Å²) in [4.78, 5) is 14.2. The molecule has 0 spiro atoms. The van der Waals surface area contributed by atoms with Gasteiger partial charge in [-0.05, 0) is 31.4 Å². The summed E-state index contributed by atoms with van der Waals surface area (Å²) in [5.74, 6) is -0.0995. The Kier molecular flexibility index (Phi) is 6.63. The largest absolute Gasteiger partial charge is 0.376 e. The molecule has 1 aromatic rings. The molecule has 0 bridgehead atoms. The molecule has 1 amide bonds. The maximum absolute atomic E-state index is 12.6. The number of carbonyl (C=O) groups excluding carboxylic acids is 1. The van der Waals surface area contributed by atoms with Crippen molar-refractivity contribution in [2.24, 2.45) is 0 Å². The molecule has 3 rings (SSSR count). The van der Waals surface area contributed by atoms with E-state index in [4.69, 9.17) is 9.47 Å². The predicted octanol–water partition coefficient (Wildman–Crippen LogP) is 1.11. The van der Waals surface area contributed by atoms with Gasteiger partial charge in [-0.2, -0.15) is 4.31 Å². The van der Waals surface area contributed by atoms with Crippen molar-refractivity contribution in [2.75, 3.05) is 46.0 Å². The van der Waals surface area contributed by atoms with Gasteiger partial charge >= 0.3 is 0 Å². The minimum absolute atomic E-state index is 0.0191. The standard InChI is InChI=1S/C18H26N2O5S/c21-18(15-24-14-16-6-4-5-13-25-16)19-9-11-20(12-10-19)26(22,23)17-7-2-1-3-8-17/h1-3,7-8,16H,4-6,9-15H2/t16-/m1/s1. The highest BCUT2D eigenvalue weighted by molar-refractivity contribution is 7.89. The summed E-state index contributed by atoms with van der Waals surface area (Å²) in [5, 5.41) is 0. The van der Waals surface area contributed by atoms with Crippen LogP contribution in [0.25, 0.3) is 0 Å². The SMILES string of the molecule is O=C(COC[C@H]1CCCCO1)N1CCN(S(=O)(=O)c2ccccc2)CC1. The van der Waals surface area contributed by atoms with Crippen LogP contribution in [0.15, 0.2) is 35.2 Å². The number of carbonyl (C=O) groups is 1. The first-order valence-corrected chi connectivity index (χ1v) is 10.5. The number of hydrogen-bond donors (Lipinski definition) is 0. The fraction of sp³-hybridized carbons (Fsp3) is 0.611. The molecular weight excluding hydrogens is 356 g/mol. The van der Waals surface area contributed by atoms with Gasteiger partial charge in [0.05, 0.1) is 17.6 Å². The molecule has 2 saturated heterocycles. The van der Waals surface area contributed by atoms with E-state index in [1.807, 2.05) is 0 Å². The molecule has 26 heavy (non-hydrogen) atoms. The van der Waals surface area contributed by atoms with Crippen LogP contribution in [0, 0.1) is 0 Å². The summed E-state index contributed by atoms with van der Waals surface area (Å²) in [6.07, 6.45) is 3.29. The number of hydrogen-bond acceptors (Lipinski definition) is 5. The Morgan fingerprint density at radius 3 is 2.50 bits per heavy atom. The van der Waals surface area contributed by atoms with Gasteiger partial charge in [-0.1, -0.05) is 18.2 Å². The molecule has 0 unspecified atom stereocenters. The molecule has 0 aromatic heterocycles. The first kappa shape index (κ1) is 19.3. The van der Waals surface area contributed by atoms with Gasteiger partial charge in [0.15, 0.2) is 0 Å². The van der Waals surface area contributed by atoms with E-state index in [9.17, 15) is 13.2 Å². The molecule has 0 radical (unpaired) electrons. The summed E-state index contributed by atoms with van der Waals surface area (Å²) in [6.45, 7) is 2.59. The predicted molar refractivity (Wildman–Crippen MR) is 96.2 cm³/mol. The van der Waals surface area contributed by atoms with Crippen LogP contribution in [-0.4, -0.2) is 75.6 Å². The fourth-order valence-electron chi connectivity index (χ4n) is 3.23. The van der Waals surface area contributed by atoms with Crippen molar-refractivity contribution in [3.8, 4) is 0 Å². The maximum Gasteiger partial charge on any atom is 0.248 e. The minimum Gasteiger partial charge on any atom is -0.376 e. The van der Waals surface area contributed by atoms with E-state index in [1.54, 1.807) is 35.2 Å². The van der Waals surface area contributed by atoms with Gasteiger partial charge in [-0.15, -0.1) is 0 Å². The van der Waals surface area contributed by atoms with E-state index in [1.165, 1.54) is 4.31 Å². The number of nitrogens with zero attached hydrogens (tertiary/aromatic N) is 2. The minimum atomic E-state index is -3.50. The van der Waals surface area contributed by atoms with E-state index in [2.05, 4.69) is 0 Å². The lowest BCUT2D eigenvalue weighted by Crippen LogP contribution is -2.51. The monoisotopic (exact) mass is 382 g/mol. The summed E-state index contributed by atoms with van der Waals surface area (Å²) in [6, 6.07) is 8.39. The number of ether oxygens (including phenoxy) is 2. The summed E-state index contributed by atoms with van der Waals surface area (Å²) in [7, 11) is -3.50. The molecular formula is C18H26N2O5S. The van der Waals surface area contributed by atoms with Crippen molar-refractivity contribution in [1.29, 1.82) is 0 Å². The molecule has 2 aliphatic rings. The molecule has 8 heteroatoms. The van der Waals surface area contributed by atoms with Crippen molar-refractivity contribution < 1.29 is 22.7 Å². The second-order valence-electron chi connectivity index (χ2n) is 6.60. The van der Waals surface area contributed by atoms with Crippen LogP contribution in [0.1, 0.15) is 19.3 Å². The molecule has 0 N–H and O–H groups in total. The zero-order chi connectivity index (χ0) is 18.4. The van der Waals surface area contributed by atoms with Gasteiger partial charge in [-0.3, -0.25) is 4.79 Å². The lowest BCUT2D eigenvalue weighted by atomic mass is 10.1. The Balaban J connectivity index is 1.43. The average Bonchev–Trinajstić information content (AvgIpc) is 2.69. The van der Waals surface area contributed by atoms with Gasteiger partial charge in [0.2, 0.25) is 15.9 Å². The van der Waals surface area contributed by atoms with Crippen molar-refractivity contribution in [3.05, 3.63) is 30.3 Å². The second-order valence-corrected chi connectivity index (χ2v) is 8.54. The molecule has 1 atom stereocenters. The van der Waals surface area contributed by atoms with Gasteiger partial charge in [0.1, 0.15) is 6.61 Å².